The molecule has 3 aromatic rings. The fourth-order valence-electron chi connectivity index (χ4n) is 4.80. The number of hydrogen-bond acceptors (Lipinski definition) is 5. The number of esters is 2. The van der Waals surface area contributed by atoms with E-state index in [9.17, 15) is 18.8 Å². The average molecular weight is 495 g/mol. The first kappa shape index (κ1) is 20.6. The van der Waals surface area contributed by atoms with Crippen LogP contribution < -0.4 is 9.47 Å². The van der Waals surface area contributed by atoms with Crippen LogP contribution in [0.2, 0.25) is 0 Å². The summed E-state index contributed by atoms with van der Waals surface area (Å²) in [6.07, 6.45) is 0. The van der Waals surface area contributed by atoms with Crippen LogP contribution in [0.3, 0.4) is 0 Å². The molecular weight excluding hydrogens is 479 g/mol. The zero-order valence-corrected chi connectivity index (χ0v) is 18.4. The molecule has 3 atom stereocenters. The topological polar surface area (TPSA) is 69.7 Å². The minimum Gasteiger partial charge on any atom is -0.426 e. The average Bonchev–Trinajstić information content (AvgIpc) is 3.39. The molecular formula is C25H16BrFO5. The molecule has 5 nitrogen and oxygen atoms in total. The minimum atomic E-state index is -1.85. The van der Waals surface area contributed by atoms with Gasteiger partial charge in [0, 0.05) is 21.5 Å². The first-order valence-electron chi connectivity index (χ1n) is 9.89. The predicted octanol–water partition coefficient (Wildman–Crippen LogP) is 5.09. The van der Waals surface area contributed by atoms with Gasteiger partial charge in [0.1, 0.15) is 17.3 Å². The summed E-state index contributed by atoms with van der Waals surface area (Å²) in [6.45, 7) is 1.57. The molecule has 3 aromatic carbocycles. The lowest BCUT2D eigenvalue weighted by molar-refractivity contribution is -0.156. The normalized spacial score (nSPS) is 25.2. The number of benzene rings is 3. The van der Waals surface area contributed by atoms with E-state index < -0.39 is 40.3 Å². The second-order valence-corrected chi connectivity index (χ2v) is 8.97. The fraction of sp³-hybridized carbons (Fsp3) is 0.160. The van der Waals surface area contributed by atoms with Crippen LogP contribution in [0.1, 0.15) is 28.8 Å². The van der Waals surface area contributed by atoms with E-state index in [1.807, 2.05) is 0 Å². The Morgan fingerprint density at radius 2 is 1.66 bits per heavy atom. The number of carbonyl (C=O) groups excluding carboxylic acids is 3. The molecule has 2 aliphatic rings. The van der Waals surface area contributed by atoms with Gasteiger partial charge in [0.05, 0.1) is 5.41 Å². The number of hydrogen-bond donors (Lipinski definition) is 0. The van der Waals surface area contributed by atoms with Crippen molar-refractivity contribution in [2.24, 2.45) is 10.8 Å². The van der Waals surface area contributed by atoms with E-state index >= 15 is 0 Å². The van der Waals surface area contributed by atoms with Crippen molar-refractivity contribution >= 4 is 33.7 Å². The summed E-state index contributed by atoms with van der Waals surface area (Å²) in [4.78, 5) is 40.4. The Morgan fingerprint density at radius 3 is 2.34 bits per heavy atom. The van der Waals surface area contributed by atoms with Gasteiger partial charge in [-0.15, -0.1) is 0 Å². The second-order valence-electron chi connectivity index (χ2n) is 8.05. The Kier molecular flexibility index (Phi) is 4.57. The SMILES string of the molecule is C[C@]1(C(=O)c2ccc(F)cc2)[C@@H]2c3ccccc3OC(=O)[C@]21C(=O)Oc1ccc(Br)cc1. The van der Waals surface area contributed by atoms with Gasteiger partial charge in [0.15, 0.2) is 11.2 Å². The molecule has 0 radical (unpaired) electrons. The summed E-state index contributed by atoms with van der Waals surface area (Å²) in [7, 11) is 0. The van der Waals surface area contributed by atoms with E-state index in [4.69, 9.17) is 9.47 Å². The molecule has 160 valence electrons. The third kappa shape index (κ3) is 2.70. The maximum atomic E-state index is 13.6. The minimum absolute atomic E-state index is 0.199. The number of fused-ring (bicyclic) bond motifs is 3. The molecule has 0 spiro atoms. The Labute approximate surface area is 191 Å². The predicted molar refractivity (Wildman–Crippen MR) is 116 cm³/mol. The van der Waals surface area contributed by atoms with Gasteiger partial charge in [-0.2, -0.15) is 0 Å². The molecule has 1 aliphatic heterocycles. The number of para-hydroxylation sites is 1. The summed E-state index contributed by atoms with van der Waals surface area (Å²) in [5, 5.41) is 0. The largest absolute Gasteiger partial charge is 0.426 e. The van der Waals surface area contributed by atoms with Crippen LogP contribution in [0.4, 0.5) is 4.39 Å². The maximum absolute atomic E-state index is 13.6. The van der Waals surface area contributed by atoms with E-state index in [2.05, 4.69) is 15.9 Å². The van der Waals surface area contributed by atoms with Crippen molar-refractivity contribution < 1.29 is 28.2 Å². The van der Waals surface area contributed by atoms with Gasteiger partial charge in [0.25, 0.3) is 0 Å². The molecule has 0 amide bonds. The van der Waals surface area contributed by atoms with Gasteiger partial charge in [0.2, 0.25) is 0 Å². The maximum Gasteiger partial charge on any atom is 0.330 e. The van der Waals surface area contributed by atoms with Gasteiger partial charge in [-0.3, -0.25) is 14.4 Å². The second kappa shape index (κ2) is 7.10. The smallest absolute Gasteiger partial charge is 0.330 e. The molecule has 1 saturated carbocycles. The summed E-state index contributed by atoms with van der Waals surface area (Å²) in [6, 6.07) is 18.4. The van der Waals surface area contributed by atoms with E-state index in [1.54, 1.807) is 55.5 Å². The highest BCUT2D eigenvalue weighted by Crippen LogP contribution is 2.78. The molecule has 0 unspecified atom stereocenters. The first-order chi connectivity index (χ1) is 15.3. The fourth-order valence-corrected chi connectivity index (χ4v) is 5.06. The Balaban J connectivity index is 1.62. The van der Waals surface area contributed by atoms with Crippen molar-refractivity contribution in [2.75, 3.05) is 0 Å². The lowest BCUT2D eigenvalue weighted by Crippen LogP contribution is -2.41. The van der Waals surface area contributed by atoms with E-state index in [0.717, 1.165) is 4.47 Å². The van der Waals surface area contributed by atoms with Crippen LogP contribution in [0.15, 0.2) is 77.3 Å². The Hall–Kier alpha value is -3.32. The molecule has 7 heteroatoms. The van der Waals surface area contributed by atoms with Gasteiger partial charge >= 0.3 is 11.9 Å². The summed E-state index contributed by atoms with van der Waals surface area (Å²) < 4.78 is 25.3. The van der Waals surface area contributed by atoms with Crippen molar-refractivity contribution in [1.82, 2.24) is 0 Å². The summed E-state index contributed by atoms with van der Waals surface area (Å²) in [5.74, 6) is -2.86. The number of halogens is 2. The third-order valence-electron chi connectivity index (χ3n) is 6.43. The number of ketones is 1. The number of rotatable bonds is 4. The van der Waals surface area contributed by atoms with Crippen LogP contribution in [-0.4, -0.2) is 17.7 Å². The molecule has 1 fully saturated rings. The first-order valence-corrected chi connectivity index (χ1v) is 10.7. The molecule has 0 N–H and O–H groups in total. The zero-order chi connectivity index (χ0) is 22.7. The molecule has 0 bridgehead atoms. The van der Waals surface area contributed by atoms with Gasteiger partial charge in [-0.05, 0) is 61.5 Å². The summed E-state index contributed by atoms with van der Waals surface area (Å²) in [5.41, 5.74) is -2.52. The molecule has 1 heterocycles. The van der Waals surface area contributed by atoms with Crippen LogP contribution in [-0.2, 0) is 9.59 Å². The van der Waals surface area contributed by atoms with Gasteiger partial charge in [-0.1, -0.05) is 34.1 Å². The number of Topliss-reactive ketones (excluding diaryl/α,β-unsaturated/α-hetero) is 1. The summed E-state index contributed by atoms with van der Waals surface area (Å²) >= 11 is 3.32. The highest BCUT2D eigenvalue weighted by molar-refractivity contribution is 9.10. The van der Waals surface area contributed by atoms with Crippen LogP contribution in [0.5, 0.6) is 11.5 Å². The Bertz CT molecular complexity index is 1270. The van der Waals surface area contributed by atoms with Crippen molar-refractivity contribution in [1.29, 1.82) is 0 Å². The van der Waals surface area contributed by atoms with E-state index in [1.165, 1.54) is 24.3 Å². The number of carbonyl (C=O) groups is 3. The van der Waals surface area contributed by atoms with Crippen molar-refractivity contribution in [2.45, 2.75) is 12.8 Å². The molecule has 1 aliphatic carbocycles. The van der Waals surface area contributed by atoms with E-state index in [-0.39, 0.29) is 11.3 Å². The molecule has 32 heavy (non-hydrogen) atoms. The van der Waals surface area contributed by atoms with Crippen molar-refractivity contribution in [3.63, 3.8) is 0 Å². The Morgan fingerprint density at radius 1 is 1.00 bits per heavy atom. The molecule has 5 rings (SSSR count). The molecule has 0 aromatic heterocycles. The van der Waals surface area contributed by atoms with Crippen molar-refractivity contribution in [3.05, 3.63) is 94.2 Å². The standard InChI is InChI=1S/C25H16BrFO5/c1-24(21(28)14-6-10-16(27)11-7-14)20-18-4-2-3-5-19(18)32-23(30)25(20,24)22(29)31-17-12-8-15(26)9-13-17/h2-13,20H,1H3/t20-,24+,25+/m0/s1. The monoisotopic (exact) mass is 494 g/mol. The van der Waals surface area contributed by atoms with Crippen LogP contribution in [0.25, 0.3) is 0 Å². The van der Waals surface area contributed by atoms with Crippen LogP contribution in [0, 0.1) is 16.6 Å². The third-order valence-corrected chi connectivity index (χ3v) is 6.95. The van der Waals surface area contributed by atoms with Crippen molar-refractivity contribution in [3.8, 4) is 11.5 Å². The van der Waals surface area contributed by atoms with Gasteiger partial charge in [-0.25, -0.2) is 4.39 Å². The number of ether oxygens (including phenoxy) is 2. The lowest BCUT2D eigenvalue weighted by Gasteiger charge is -2.22. The zero-order valence-electron chi connectivity index (χ0n) is 16.8. The lowest BCUT2D eigenvalue weighted by atomic mass is 9.87. The highest BCUT2D eigenvalue weighted by atomic mass is 79.9. The van der Waals surface area contributed by atoms with Gasteiger partial charge < -0.3 is 9.47 Å². The molecule has 0 saturated heterocycles. The quantitative estimate of drug-likeness (QED) is 0.219. The highest BCUT2D eigenvalue weighted by Gasteiger charge is 2.89. The van der Waals surface area contributed by atoms with E-state index in [0.29, 0.717) is 11.3 Å². The van der Waals surface area contributed by atoms with Crippen LogP contribution >= 0.6 is 15.9 Å².